The maximum Gasteiger partial charge on any atom is 0.306 e. The first kappa shape index (κ1) is 15.7. The zero-order valence-corrected chi connectivity index (χ0v) is 13.6. The quantitative estimate of drug-likeness (QED) is 0.790. The fraction of sp³-hybridized carbons (Fsp3) is 0.929. The molecule has 4 heteroatoms. The highest BCUT2D eigenvalue weighted by atomic mass is 28.4. The lowest BCUT2D eigenvalue weighted by molar-refractivity contribution is -0.143. The summed E-state index contributed by atoms with van der Waals surface area (Å²) in [6.45, 7) is 13.2. The first-order valence-electron chi connectivity index (χ1n) is 6.99. The first-order chi connectivity index (χ1) is 8.08. The second kappa shape index (κ2) is 5.33. The molecule has 0 aromatic carbocycles. The van der Waals surface area contributed by atoms with Crippen molar-refractivity contribution in [2.75, 3.05) is 0 Å². The van der Waals surface area contributed by atoms with E-state index < -0.39 is 14.3 Å². The van der Waals surface area contributed by atoms with Crippen LogP contribution >= 0.6 is 0 Å². The van der Waals surface area contributed by atoms with Crippen LogP contribution in [-0.4, -0.2) is 25.5 Å². The normalized spacial score (nSPS) is 29.6. The molecule has 0 aromatic heterocycles. The Morgan fingerprint density at radius 1 is 1.33 bits per heavy atom. The predicted octanol–water partition coefficient (Wildman–Crippen LogP) is 3.90. The van der Waals surface area contributed by atoms with Crippen molar-refractivity contribution in [3.63, 3.8) is 0 Å². The second-order valence-electron chi connectivity index (χ2n) is 7.08. The third kappa shape index (κ3) is 3.35. The van der Waals surface area contributed by atoms with Crippen molar-refractivity contribution in [3.8, 4) is 0 Å². The molecule has 0 aliphatic heterocycles. The molecule has 106 valence electrons. The zero-order chi connectivity index (χ0) is 14.1. The van der Waals surface area contributed by atoms with Crippen LogP contribution in [0.3, 0.4) is 0 Å². The van der Waals surface area contributed by atoms with Crippen molar-refractivity contribution in [2.24, 2.45) is 11.8 Å². The highest BCUT2D eigenvalue weighted by Crippen LogP contribution is 2.42. The van der Waals surface area contributed by atoms with E-state index in [1.54, 1.807) is 0 Å². The minimum absolute atomic E-state index is 0.150. The number of carboxylic acid groups (broad SMARTS) is 1. The van der Waals surface area contributed by atoms with Gasteiger partial charge in [-0.1, -0.05) is 34.1 Å². The number of rotatable bonds is 4. The van der Waals surface area contributed by atoms with Gasteiger partial charge in [-0.2, -0.15) is 0 Å². The van der Waals surface area contributed by atoms with Crippen LogP contribution in [0.25, 0.3) is 0 Å². The third-order valence-corrected chi connectivity index (χ3v) is 9.30. The van der Waals surface area contributed by atoms with Crippen LogP contribution in [0.2, 0.25) is 18.1 Å². The summed E-state index contributed by atoms with van der Waals surface area (Å²) in [4.78, 5) is 11.2. The molecule has 1 aliphatic carbocycles. The molecule has 0 heterocycles. The standard InChI is InChI=1S/C14H28O3Si/c1-7-10-8-11(9-12(10)13(15)16)17-18(5,6)14(2,3)4/h10-12H,7-9H2,1-6H3,(H,15,16). The molecule has 1 rings (SSSR count). The SMILES string of the molecule is CCC1CC(O[Si](C)(C)C(C)(C)C)CC1C(=O)O. The Morgan fingerprint density at radius 3 is 2.22 bits per heavy atom. The molecule has 0 spiro atoms. The van der Waals surface area contributed by atoms with Gasteiger partial charge in [-0.05, 0) is 36.9 Å². The lowest BCUT2D eigenvalue weighted by atomic mass is 9.94. The molecule has 1 N–H and O–H groups in total. The number of hydrogen-bond donors (Lipinski definition) is 1. The minimum Gasteiger partial charge on any atom is -0.481 e. The largest absolute Gasteiger partial charge is 0.481 e. The number of aliphatic carboxylic acids is 1. The van der Waals surface area contributed by atoms with Gasteiger partial charge in [0.2, 0.25) is 0 Å². The molecule has 3 atom stereocenters. The number of carbonyl (C=O) groups is 1. The van der Waals surface area contributed by atoms with Crippen molar-refractivity contribution < 1.29 is 14.3 Å². The lowest BCUT2D eigenvalue weighted by Gasteiger charge is -2.38. The summed E-state index contributed by atoms with van der Waals surface area (Å²) in [5.74, 6) is -0.565. The first-order valence-corrected chi connectivity index (χ1v) is 9.90. The van der Waals surface area contributed by atoms with E-state index in [2.05, 4.69) is 40.8 Å². The van der Waals surface area contributed by atoms with E-state index in [4.69, 9.17) is 4.43 Å². The number of hydrogen-bond acceptors (Lipinski definition) is 2. The number of carboxylic acids is 1. The molecule has 3 unspecified atom stereocenters. The Hall–Kier alpha value is -0.353. The van der Waals surface area contributed by atoms with E-state index in [1.165, 1.54) is 0 Å². The van der Waals surface area contributed by atoms with Gasteiger partial charge in [0, 0.05) is 6.10 Å². The van der Waals surface area contributed by atoms with Gasteiger partial charge in [-0.3, -0.25) is 4.79 Å². The zero-order valence-electron chi connectivity index (χ0n) is 12.6. The van der Waals surface area contributed by atoms with Gasteiger partial charge in [-0.25, -0.2) is 0 Å². The van der Waals surface area contributed by atoms with E-state index in [0.717, 1.165) is 12.8 Å². The fourth-order valence-electron chi connectivity index (χ4n) is 2.52. The smallest absolute Gasteiger partial charge is 0.306 e. The predicted molar refractivity (Wildman–Crippen MR) is 76.2 cm³/mol. The van der Waals surface area contributed by atoms with Gasteiger partial charge >= 0.3 is 5.97 Å². The molecular formula is C14H28O3Si. The van der Waals surface area contributed by atoms with Gasteiger partial charge in [0.25, 0.3) is 0 Å². The molecule has 3 nitrogen and oxygen atoms in total. The monoisotopic (exact) mass is 272 g/mol. The van der Waals surface area contributed by atoms with E-state index in [-0.39, 0.29) is 23.0 Å². The van der Waals surface area contributed by atoms with E-state index in [0.29, 0.717) is 6.42 Å². The topological polar surface area (TPSA) is 46.5 Å². The van der Waals surface area contributed by atoms with Crippen molar-refractivity contribution in [2.45, 2.75) is 71.2 Å². The van der Waals surface area contributed by atoms with Crippen molar-refractivity contribution in [1.82, 2.24) is 0 Å². The van der Waals surface area contributed by atoms with Crippen molar-refractivity contribution in [1.29, 1.82) is 0 Å². The van der Waals surface area contributed by atoms with Gasteiger partial charge in [-0.15, -0.1) is 0 Å². The summed E-state index contributed by atoms with van der Waals surface area (Å²) >= 11 is 0. The molecular weight excluding hydrogens is 244 g/mol. The van der Waals surface area contributed by atoms with E-state index in [9.17, 15) is 9.90 Å². The van der Waals surface area contributed by atoms with Crippen molar-refractivity contribution >= 4 is 14.3 Å². The van der Waals surface area contributed by atoms with Crippen LogP contribution < -0.4 is 0 Å². The average Bonchev–Trinajstić information content (AvgIpc) is 2.58. The Bertz CT molecular complexity index is 307. The Morgan fingerprint density at radius 2 is 1.89 bits per heavy atom. The van der Waals surface area contributed by atoms with Gasteiger partial charge < -0.3 is 9.53 Å². The second-order valence-corrected chi connectivity index (χ2v) is 11.8. The Balaban J connectivity index is 2.69. The molecule has 1 saturated carbocycles. The Labute approximate surface area is 112 Å². The van der Waals surface area contributed by atoms with Crippen LogP contribution in [0.15, 0.2) is 0 Å². The molecule has 0 amide bonds. The summed E-state index contributed by atoms with van der Waals surface area (Å²) in [7, 11) is -1.77. The fourth-order valence-corrected chi connectivity index (χ4v) is 3.90. The van der Waals surface area contributed by atoms with Crippen LogP contribution in [0.5, 0.6) is 0 Å². The van der Waals surface area contributed by atoms with E-state index in [1.807, 2.05) is 0 Å². The van der Waals surface area contributed by atoms with Crippen LogP contribution in [-0.2, 0) is 9.22 Å². The van der Waals surface area contributed by atoms with Crippen LogP contribution in [0, 0.1) is 11.8 Å². The summed E-state index contributed by atoms with van der Waals surface area (Å²) in [5.41, 5.74) is 0. The average molecular weight is 272 g/mol. The molecule has 18 heavy (non-hydrogen) atoms. The summed E-state index contributed by atoms with van der Waals surface area (Å²) in [6.07, 6.45) is 2.70. The van der Waals surface area contributed by atoms with Crippen LogP contribution in [0.1, 0.15) is 47.0 Å². The van der Waals surface area contributed by atoms with Gasteiger partial charge in [0.15, 0.2) is 8.32 Å². The van der Waals surface area contributed by atoms with E-state index >= 15 is 0 Å². The van der Waals surface area contributed by atoms with Gasteiger partial charge in [0.05, 0.1) is 5.92 Å². The maximum atomic E-state index is 11.2. The summed E-state index contributed by atoms with van der Waals surface area (Å²) < 4.78 is 6.35. The molecule has 0 saturated heterocycles. The minimum atomic E-state index is -1.77. The van der Waals surface area contributed by atoms with Crippen LogP contribution in [0.4, 0.5) is 0 Å². The summed E-state index contributed by atoms with van der Waals surface area (Å²) in [6, 6.07) is 0. The maximum absolute atomic E-state index is 11.2. The molecule has 1 fully saturated rings. The third-order valence-electron chi connectivity index (χ3n) is 4.76. The molecule has 0 aromatic rings. The lowest BCUT2D eigenvalue weighted by Crippen LogP contribution is -2.43. The highest BCUT2D eigenvalue weighted by molar-refractivity contribution is 6.74. The highest BCUT2D eigenvalue weighted by Gasteiger charge is 2.44. The molecule has 0 bridgehead atoms. The molecule has 0 radical (unpaired) electrons. The molecule has 1 aliphatic rings. The van der Waals surface area contributed by atoms with Gasteiger partial charge in [0.1, 0.15) is 0 Å². The van der Waals surface area contributed by atoms with Crippen molar-refractivity contribution in [3.05, 3.63) is 0 Å². The summed E-state index contributed by atoms with van der Waals surface area (Å²) in [5, 5.41) is 9.44. The Kier molecular flexibility index (Phi) is 4.65.